The largest absolute Gasteiger partial charge is 0.357 e. The lowest BCUT2D eigenvalue weighted by atomic mass is 9.96. The number of aromatic nitrogens is 1. The molecule has 0 aliphatic heterocycles. The zero-order chi connectivity index (χ0) is 17.7. The molecule has 1 heterocycles. The van der Waals surface area contributed by atoms with E-state index in [-0.39, 0.29) is 29.4 Å². The average molecular weight is 484 g/mol. The first-order chi connectivity index (χ1) is 12.1. The van der Waals surface area contributed by atoms with Crippen molar-refractivity contribution in [1.29, 1.82) is 0 Å². The quantitative estimate of drug-likeness (QED) is 0.352. The van der Waals surface area contributed by atoms with Gasteiger partial charge < -0.3 is 10.6 Å². The minimum Gasteiger partial charge on any atom is -0.357 e. The number of nitrogens with one attached hydrogen (secondary N) is 2. The van der Waals surface area contributed by atoms with E-state index in [9.17, 15) is 0 Å². The van der Waals surface area contributed by atoms with Crippen LogP contribution in [0, 0.1) is 13.8 Å². The van der Waals surface area contributed by atoms with Crippen molar-refractivity contribution in [2.45, 2.75) is 45.4 Å². The number of halogens is 1. The van der Waals surface area contributed by atoms with Crippen LogP contribution in [0.3, 0.4) is 0 Å². The third-order valence-corrected chi connectivity index (χ3v) is 5.96. The highest BCUT2D eigenvalue weighted by Gasteiger charge is 2.43. The van der Waals surface area contributed by atoms with Crippen molar-refractivity contribution in [2.75, 3.05) is 19.6 Å². The number of benzene rings is 1. The number of rotatable bonds is 7. The van der Waals surface area contributed by atoms with Gasteiger partial charge in [-0.1, -0.05) is 30.3 Å². The van der Waals surface area contributed by atoms with Crippen LogP contribution in [0.5, 0.6) is 0 Å². The highest BCUT2D eigenvalue weighted by molar-refractivity contribution is 14.0. The van der Waals surface area contributed by atoms with Crippen molar-refractivity contribution < 1.29 is 0 Å². The lowest BCUT2D eigenvalue weighted by Gasteiger charge is -2.15. The summed E-state index contributed by atoms with van der Waals surface area (Å²) in [6.07, 6.45) is 3.41. The van der Waals surface area contributed by atoms with Crippen LogP contribution in [-0.2, 0) is 11.8 Å². The van der Waals surface area contributed by atoms with E-state index in [1.54, 1.807) is 11.3 Å². The van der Waals surface area contributed by atoms with Gasteiger partial charge in [0.2, 0.25) is 0 Å². The Morgan fingerprint density at radius 2 is 1.92 bits per heavy atom. The molecule has 1 aromatic heterocycles. The van der Waals surface area contributed by atoms with Gasteiger partial charge in [0.25, 0.3) is 0 Å². The molecular formula is C20H29IN4S. The fourth-order valence-corrected chi connectivity index (χ4v) is 3.92. The Kier molecular flexibility index (Phi) is 7.88. The molecule has 1 saturated carbocycles. The molecule has 26 heavy (non-hydrogen) atoms. The molecule has 0 radical (unpaired) electrons. The van der Waals surface area contributed by atoms with Crippen molar-refractivity contribution in [3.05, 3.63) is 51.5 Å². The van der Waals surface area contributed by atoms with Crippen LogP contribution in [0.15, 0.2) is 35.3 Å². The minimum absolute atomic E-state index is 0. The number of thiazole rings is 1. The number of guanidine groups is 1. The van der Waals surface area contributed by atoms with Crippen LogP contribution in [0.25, 0.3) is 0 Å². The van der Waals surface area contributed by atoms with E-state index in [1.807, 2.05) is 0 Å². The highest BCUT2D eigenvalue weighted by atomic mass is 127. The van der Waals surface area contributed by atoms with Crippen LogP contribution < -0.4 is 10.6 Å². The Balaban J connectivity index is 0.00000243. The molecule has 1 aliphatic rings. The lowest BCUT2D eigenvalue weighted by molar-refractivity contribution is 0.692. The molecule has 1 aromatic carbocycles. The second-order valence-corrected chi connectivity index (χ2v) is 8.06. The fourth-order valence-electron chi connectivity index (χ4n) is 2.99. The average Bonchev–Trinajstić information content (AvgIpc) is 3.34. The lowest BCUT2D eigenvalue weighted by Crippen LogP contribution is -2.39. The highest BCUT2D eigenvalue weighted by Crippen LogP contribution is 2.48. The molecule has 142 valence electrons. The summed E-state index contributed by atoms with van der Waals surface area (Å²) in [6, 6.07) is 10.8. The standard InChI is InChI=1S/C20H28N4S.HI/c1-4-21-19(22-13-10-18-24-15(2)16(3)25-18)23-14-20(11-12-20)17-8-6-5-7-9-17;/h5-9H,4,10-14H2,1-3H3,(H2,21,22,23);1H. The Morgan fingerprint density at radius 1 is 1.19 bits per heavy atom. The summed E-state index contributed by atoms with van der Waals surface area (Å²) >= 11 is 1.79. The topological polar surface area (TPSA) is 49.3 Å². The summed E-state index contributed by atoms with van der Waals surface area (Å²) in [5, 5.41) is 8.01. The van der Waals surface area contributed by atoms with Gasteiger partial charge in [-0.2, -0.15) is 0 Å². The number of nitrogens with zero attached hydrogens (tertiary/aromatic N) is 2. The molecule has 6 heteroatoms. The first kappa shape index (κ1) is 21.2. The van der Waals surface area contributed by atoms with Gasteiger partial charge in [0.1, 0.15) is 0 Å². The van der Waals surface area contributed by atoms with Gasteiger partial charge in [0.05, 0.1) is 17.2 Å². The first-order valence-electron chi connectivity index (χ1n) is 9.13. The van der Waals surface area contributed by atoms with Crippen molar-refractivity contribution in [3.8, 4) is 0 Å². The monoisotopic (exact) mass is 484 g/mol. The fraction of sp³-hybridized carbons (Fsp3) is 0.500. The van der Waals surface area contributed by atoms with Crippen molar-refractivity contribution in [2.24, 2.45) is 4.99 Å². The number of aliphatic imine (C=N–C) groups is 1. The Labute approximate surface area is 177 Å². The molecule has 4 nitrogen and oxygen atoms in total. The molecule has 2 N–H and O–H groups in total. The Bertz CT molecular complexity index is 703. The van der Waals surface area contributed by atoms with Crippen molar-refractivity contribution in [3.63, 3.8) is 0 Å². The third kappa shape index (κ3) is 5.42. The molecule has 1 fully saturated rings. The van der Waals surface area contributed by atoms with E-state index >= 15 is 0 Å². The third-order valence-electron chi connectivity index (χ3n) is 4.83. The van der Waals surface area contributed by atoms with Gasteiger partial charge in [0.15, 0.2) is 5.96 Å². The van der Waals surface area contributed by atoms with Crippen LogP contribution in [0.4, 0.5) is 0 Å². The maximum absolute atomic E-state index is 4.86. The summed E-state index contributed by atoms with van der Waals surface area (Å²) in [7, 11) is 0. The van der Waals surface area contributed by atoms with E-state index < -0.39 is 0 Å². The Hall–Kier alpha value is -1.15. The van der Waals surface area contributed by atoms with Gasteiger partial charge in [-0.05, 0) is 39.2 Å². The maximum Gasteiger partial charge on any atom is 0.191 e. The molecular weight excluding hydrogens is 455 g/mol. The van der Waals surface area contributed by atoms with Gasteiger partial charge >= 0.3 is 0 Å². The summed E-state index contributed by atoms with van der Waals surface area (Å²) < 4.78 is 0. The van der Waals surface area contributed by atoms with Crippen LogP contribution >= 0.6 is 35.3 Å². The number of aryl methyl sites for hydroxylation is 2. The zero-order valence-corrected chi connectivity index (χ0v) is 19.0. The zero-order valence-electron chi connectivity index (χ0n) is 15.8. The minimum atomic E-state index is 0. The van der Waals surface area contributed by atoms with E-state index in [0.29, 0.717) is 0 Å². The molecule has 2 aromatic rings. The SMILES string of the molecule is CCNC(=NCC1(c2ccccc2)CC1)NCCc1nc(C)c(C)s1.I. The molecule has 0 bridgehead atoms. The number of hydrogen-bond acceptors (Lipinski definition) is 3. The summed E-state index contributed by atoms with van der Waals surface area (Å²) in [4.78, 5) is 10.8. The molecule has 0 saturated heterocycles. The number of hydrogen-bond donors (Lipinski definition) is 2. The van der Waals surface area contributed by atoms with E-state index in [2.05, 4.69) is 66.7 Å². The van der Waals surface area contributed by atoms with Gasteiger partial charge in [-0.25, -0.2) is 4.98 Å². The second kappa shape index (κ2) is 9.69. The smallest absolute Gasteiger partial charge is 0.191 e. The molecule has 0 unspecified atom stereocenters. The van der Waals surface area contributed by atoms with E-state index in [4.69, 9.17) is 4.99 Å². The van der Waals surface area contributed by atoms with Crippen LogP contribution in [-0.4, -0.2) is 30.6 Å². The maximum atomic E-state index is 4.86. The van der Waals surface area contributed by atoms with E-state index in [1.165, 1.54) is 28.3 Å². The van der Waals surface area contributed by atoms with Crippen LogP contribution in [0.2, 0.25) is 0 Å². The van der Waals surface area contributed by atoms with Crippen LogP contribution in [0.1, 0.15) is 40.9 Å². The summed E-state index contributed by atoms with van der Waals surface area (Å²) in [5.74, 6) is 0.912. The van der Waals surface area contributed by atoms with Crippen molar-refractivity contribution in [1.82, 2.24) is 15.6 Å². The predicted octanol–water partition coefficient (Wildman–Crippen LogP) is 4.21. The molecule has 0 atom stereocenters. The molecule has 0 amide bonds. The summed E-state index contributed by atoms with van der Waals surface area (Å²) in [6.45, 7) is 8.90. The molecule has 3 rings (SSSR count). The summed E-state index contributed by atoms with van der Waals surface area (Å²) in [5.41, 5.74) is 2.83. The second-order valence-electron chi connectivity index (χ2n) is 6.77. The van der Waals surface area contributed by atoms with E-state index in [0.717, 1.165) is 37.7 Å². The van der Waals surface area contributed by atoms with Gasteiger partial charge in [0, 0.05) is 29.8 Å². The first-order valence-corrected chi connectivity index (χ1v) is 9.95. The van der Waals surface area contributed by atoms with Gasteiger partial charge in [-0.3, -0.25) is 4.99 Å². The predicted molar refractivity (Wildman–Crippen MR) is 122 cm³/mol. The Morgan fingerprint density at radius 3 is 2.50 bits per heavy atom. The molecule has 0 spiro atoms. The van der Waals surface area contributed by atoms with Gasteiger partial charge in [-0.15, -0.1) is 35.3 Å². The van der Waals surface area contributed by atoms with Crippen molar-refractivity contribution >= 4 is 41.3 Å². The molecule has 1 aliphatic carbocycles. The normalized spacial score (nSPS) is 15.3.